The Bertz CT molecular complexity index is 4970. The highest BCUT2D eigenvalue weighted by molar-refractivity contribution is 6.64. The van der Waals surface area contributed by atoms with E-state index in [0.717, 1.165) is 56.7 Å². The molecule has 7 amide bonds. The number of nitro benzene ring substituents is 2. The number of nitrogens with zero attached hydrogens (tertiary/aromatic N) is 9. The third-order valence-electron chi connectivity index (χ3n) is 15.1. The van der Waals surface area contributed by atoms with Crippen molar-refractivity contribution in [3.63, 3.8) is 0 Å². The minimum atomic E-state index is -1.03. The van der Waals surface area contributed by atoms with E-state index in [1.54, 1.807) is 87.3 Å². The van der Waals surface area contributed by atoms with E-state index in [9.17, 15) is 52.6 Å². The number of carbonyl (C=O) groups excluding carboxylic acids is 4. The number of urea groups is 3. The Labute approximate surface area is 600 Å². The van der Waals surface area contributed by atoms with E-state index in [-0.39, 0.29) is 42.9 Å². The van der Waals surface area contributed by atoms with E-state index < -0.39 is 56.1 Å². The van der Waals surface area contributed by atoms with Crippen LogP contribution in [0.15, 0.2) is 188 Å². The van der Waals surface area contributed by atoms with Gasteiger partial charge in [-0.1, -0.05) is 55.4 Å². The van der Waals surface area contributed by atoms with Crippen molar-refractivity contribution in [3.8, 4) is 63.2 Å². The number of phenols is 1. The van der Waals surface area contributed by atoms with Crippen molar-refractivity contribution in [3.05, 3.63) is 231 Å². The van der Waals surface area contributed by atoms with E-state index in [1.807, 2.05) is 54.6 Å². The molecule has 2 fully saturated rings. The highest BCUT2D eigenvalue weighted by atomic mass is 35.5. The third kappa shape index (κ3) is 18.3. The summed E-state index contributed by atoms with van der Waals surface area (Å²) < 4.78 is 84.3. The Kier molecular flexibility index (Phi) is 26.1. The number of aromatic nitrogens is 3. The van der Waals surface area contributed by atoms with Gasteiger partial charge < -0.3 is 48.3 Å². The highest BCUT2D eigenvalue weighted by Crippen LogP contribution is 2.40. The Morgan fingerprint density at radius 2 is 0.865 bits per heavy atom. The number of anilines is 3. The molecule has 32 heteroatoms. The number of imide groups is 2. The molecule has 0 spiro atoms. The number of pyridine rings is 3. The van der Waals surface area contributed by atoms with Crippen molar-refractivity contribution in [1.82, 2.24) is 24.8 Å². The predicted molar refractivity (Wildman–Crippen MR) is 383 cm³/mol. The van der Waals surface area contributed by atoms with E-state index in [1.165, 1.54) is 62.6 Å². The van der Waals surface area contributed by atoms with Crippen LogP contribution in [0.2, 0.25) is 5.02 Å². The first-order chi connectivity index (χ1) is 49.6. The molecule has 5 heterocycles. The van der Waals surface area contributed by atoms with Gasteiger partial charge in [0.1, 0.15) is 34.6 Å². The van der Waals surface area contributed by atoms with Crippen molar-refractivity contribution in [2.75, 3.05) is 84.0 Å². The lowest BCUT2D eigenvalue weighted by Gasteiger charge is -2.18. The standard InChI is InChI=1S/C27H23FN4O5.C17H13FN2O5.C11H10ClNO2.C10H9ClN2O2.C6H4FNO3.CH4/c1-35-24-15-19-22(16-25(24)36-2)29-11-10-23(19)37-18-8-9-21(20(28)14-18)30-26(33)32-13-12-31(27(32)34)17-6-4-3-5-7-17;1-23-16-8-11-13(9-17(16)24-2)19-6-5-15(11)25-10-3-4-14(20(21)22)12(18)7-10;1-14-10-5-7-8(12)3-4-13-9(7)6-11(10)15-2;11-9(14)13-7-6-12(10(13)15)8-4-2-1-3-5-8;7-5-3-4(9)1-2-6(5)8(10)11;/h3-11,14-16H,12-13H2,1-2H3,(H,30,33);3-9H,1-2H3;3-6H,1-2H3;1-5H,6-7H2;1-3,9H;1H4. The van der Waals surface area contributed by atoms with Gasteiger partial charge in [-0.2, -0.15) is 8.78 Å². The van der Waals surface area contributed by atoms with Crippen LogP contribution in [0.3, 0.4) is 0 Å². The van der Waals surface area contributed by atoms with E-state index in [4.69, 9.17) is 66.2 Å². The smallest absolute Gasteiger partial charge is 0.332 e. The second kappa shape index (κ2) is 35.4. The van der Waals surface area contributed by atoms with Crippen LogP contribution < -0.4 is 53.0 Å². The average molecular weight is 1470 g/mol. The second-order valence-corrected chi connectivity index (χ2v) is 21.9. The van der Waals surface area contributed by atoms with Crippen molar-refractivity contribution < 1.29 is 85.2 Å². The molecular formula is C72H63Cl2F3N10O17. The van der Waals surface area contributed by atoms with Gasteiger partial charge in [0.25, 0.3) is 0 Å². The molecule has 8 aromatic carbocycles. The number of methoxy groups -OCH3 is 6. The molecule has 3 aromatic heterocycles. The van der Waals surface area contributed by atoms with Crippen LogP contribution in [0.4, 0.5) is 60.8 Å². The minimum absolute atomic E-state index is 0. The molecule has 0 bridgehead atoms. The average Bonchev–Trinajstić information content (AvgIpc) is 1.02. The molecule has 0 radical (unpaired) electrons. The summed E-state index contributed by atoms with van der Waals surface area (Å²) in [5, 5.41) is 33.9. The monoisotopic (exact) mass is 1470 g/mol. The molecular weight excluding hydrogens is 1400 g/mol. The van der Waals surface area contributed by atoms with Crippen molar-refractivity contribution >= 4 is 108 Å². The lowest BCUT2D eigenvalue weighted by Crippen LogP contribution is -2.39. The molecule has 0 saturated carbocycles. The third-order valence-corrected chi connectivity index (χ3v) is 15.6. The molecule has 538 valence electrons. The molecule has 27 nitrogen and oxygen atoms in total. The fourth-order valence-electron chi connectivity index (χ4n) is 10.1. The maximum absolute atomic E-state index is 14.9. The first-order valence-electron chi connectivity index (χ1n) is 30.3. The number of benzene rings is 8. The number of aromatic hydroxyl groups is 1. The molecule has 2 aliphatic rings. The van der Waals surface area contributed by atoms with Crippen LogP contribution in [0.1, 0.15) is 7.43 Å². The lowest BCUT2D eigenvalue weighted by molar-refractivity contribution is -0.387. The summed E-state index contributed by atoms with van der Waals surface area (Å²) in [6, 6.07) is 42.2. The molecule has 13 rings (SSSR count). The number of hydrogen-bond acceptors (Lipinski definition) is 20. The van der Waals surface area contributed by atoms with E-state index in [0.29, 0.717) is 104 Å². The summed E-state index contributed by atoms with van der Waals surface area (Å²) in [6.07, 6.45) is 4.77. The number of fused-ring (bicyclic) bond motifs is 3. The van der Waals surface area contributed by atoms with Crippen molar-refractivity contribution in [2.24, 2.45) is 0 Å². The first kappa shape index (κ1) is 76.8. The number of nitro groups is 2. The number of carbonyl (C=O) groups is 4. The van der Waals surface area contributed by atoms with Gasteiger partial charge in [0.15, 0.2) is 34.5 Å². The Balaban J connectivity index is 0.000000177. The van der Waals surface area contributed by atoms with Crippen LogP contribution in [0, 0.1) is 37.7 Å². The van der Waals surface area contributed by atoms with Gasteiger partial charge in [0.05, 0.1) is 86.3 Å². The maximum atomic E-state index is 14.9. The maximum Gasteiger partial charge on any atom is 0.332 e. The zero-order valence-electron chi connectivity index (χ0n) is 55.1. The quantitative estimate of drug-likeness (QED) is 0.0417. The molecule has 104 heavy (non-hydrogen) atoms. The Morgan fingerprint density at radius 1 is 0.481 bits per heavy atom. The number of para-hydroxylation sites is 2. The van der Waals surface area contributed by atoms with Crippen LogP contribution >= 0.6 is 23.2 Å². The zero-order chi connectivity index (χ0) is 74.0. The molecule has 0 atom stereocenters. The van der Waals surface area contributed by atoms with Crippen LogP contribution in [0.25, 0.3) is 32.7 Å². The number of halogens is 5. The molecule has 0 aliphatic carbocycles. The van der Waals surface area contributed by atoms with Gasteiger partial charge in [-0.25, -0.2) is 28.6 Å². The number of ether oxygens (including phenoxy) is 8. The molecule has 2 N–H and O–H groups in total. The van der Waals surface area contributed by atoms with Crippen molar-refractivity contribution in [1.29, 1.82) is 0 Å². The van der Waals surface area contributed by atoms with E-state index >= 15 is 0 Å². The number of rotatable bonds is 15. The predicted octanol–water partition coefficient (Wildman–Crippen LogP) is 17.0. The van der Waals surface area contributed by atoms with E-state index in [2.05, 4.69) is 20.3 Å². The number of hydrogen-bond donors (Lipinski definition) is 2. The first-order valence-corrected chi connectivity index (χ1v) is 31.0. The van der Waals surface area contributed by atoms with Gasteiger partial charge >= 0.3 is 34.8 Å². The van der Waals surface area contributed by atoms with Gasteiger partial charge in [-0.15, -0.1) is 0 Å². The SMILES string of the molecule is C.COc1cc2nccc(Cl)c2cc1OC.COc1cc2nccc(Oc3ccc(NC(=O)N4CCN(c5ccccc5)C4=O)c(F)c3)c2cc1OC.COc1cc2nccc(Oc3ccc([N+](=O)[O-])c(F)c3)c2cc1OC.O=C(Cl)N1CCN(c2ccccc2)C1=O.O=[N+]([O-])c1ccc(O)cc1F. The summed E-state index contributed by atoms with van der Waals surface area (Å²) in [6.45, 7) is 1.37. The van der Waals surface area contributed by atoms with Gasteiger partial charge in [-0.3, -0.25) is 49.8 Å². The minimum Gasteiger partial charge on any atom is -0.508 e. The summed E-state index contributed by atoms with van der Waals surface area (Å²) in [5.74, 6) is 1.47. The van der Waals surface area contributed by atoms with Gasteiger partial charge in [0, 0.05) is 114 Å². The van der Waals surface area contributed by atoms with Crippen LogP contribution in [-0.2, 0) is 0 Å². The largest absolute Gasteiger partial charge is 0.508 e. The number of phenolic OH excluding ortho intramolecular Hbond substituents is 1. The molecule has 2 saturated heterocycles. The topological polar surface area (TPSA) is 312 Å². The summed E-state index contributed by atoms with van der Waals surface area (Å²) >= 11 is 11.3. The zero-order valence-corrected chi connectivity index (χ0v) is 56.6. The Morgan fingerprint density at radius 3 is 1.28 bits per heavy atom. The van der Waals surface area contributed by atoms with Crippen LogP contribution in [0.5, 0.6) is 63.2 Å². The van der Waals surface area contributed by atoms with Crippen molar-refractivity contribution in [2.45, 2.75) is 7.43 Å². The highest BCUT2D eigenvalue weighted by Gasteiger charge is 2.35. The summed E-state index contributed by atoms with van der Waals surface area (Å²) in [4.78, 5) is 85.0. The summed E-state index contributed by atoms with van der Waals surface area (Å²) in [5.41, 5.74) is 2.14. The number of amides is 7. The van der Waals surface area contributed by atoms with Gasteiger partial charge in [0.2, 0.25) is 11.6 Å². The summed E-state index contributed by atoms with van der Waals surface area (Å²) in [7, 11) is 9.27. The molecule has 11 aromatic rings. The normalized spacial score (nSPS) is 12.0. The fourth-order valence-corrected chi connectivity index (χ4v) is 10.4. The lowest BCUT2D eigenvalue weighted by atomic mass is 10.2. The van der Waals surface area contributed by atoms with Gasteiger partial charge in [-0.05, 0) is 96.5 Å². The fraction of sp³-hybridized carbons (Fsp3) is 0.153. The second-order valence-electron chi connectivity index (χ2n) is 21.2. The molecule has 2 aliphatic heterocycles. The molecule has 0 unspecified atom stereocenters. The Hall–Kier alpha value is -13.0. The number of nitrogens with one attached hydrogen (secondary N) is 1. The van der Waals surface area contributed by atoms with Crippen LogP contribution in [-0.4, -0.2) is 132 Å².